The van der Waals surface area contributed by atoms with E-state index in [1.807, 2.05) is 0 Å². The van der Waals surface area contributed by atoms with Gasteiger partial charge in [0, 0.05) is 5.92 Å². The monoisotopic (exact) mass is 213 g/mol. The lowest BCUT2D eigenvalue weighted by Crippen LogP contribution is -2.44. The van der Waals surface area contributed by atoms with Crippen LogP contribution in [0.1, 0.15) is 27.2 Å². The molecule has 1 saturated carbocycles. The van der Waals surface area contributed by atoms with Gasteiger partial charge in [-0.05, 0) is 27.2 Å². The van der Waals surface area contributed by atoms with E-state index >= 15 is 0 Å². The van der Waals surface area contributed by atoms with E-state index in [9.17, 15) is 9.90 Å². The molecule has 1 aliphatic carbocycles. The van der Waals surface area contributed by atoms with Gasteiger partial charge in [-0.25, -0.2) is 4.79 Å². The van der Waals surface area contributed by atoms with Gasteiger partial charge in [0.15, 0.2) is 0 Å². The molecule has 1 fully saturated rings. The van der Waals surface area contributed by atoms with Crippen LogP contribution in [0.2, 0.25) is 0 Å². The van der Waals surface area contributed by atoms with Crippen molar-refractivity contribution in [3.05, 3.63) is 12.7 Å². The van der Waals surface area contributed by atoms with Crippen LogP contribution in [0.5, 0.6) is 0 Å². The van der Waals surface area contributed by atoms with Crippen molar-refractivity contribution in [1.29, 1.82) is 0 Å². The average molecular weight is 213 g/mol. The predicted molar refractivity (Wildman–Crippen MR) is 57.5 cm³/mol. The minimum absolute atomic E-state index is 0.0804. The molecule has 86 valence electrons. The zero-order chi connectivity index (χ0) is 11.7. The average Bonchev–Trinajstić information content (AvgIpc) is 2.76. The molecule has 0 aliphatic heterocycles. The fourth-order valence-corrected chi connectivity index (χ4v) is 1.51. The molecule has 0 aromatic heterocycles. The Kier molecular flexibility index (Phi) is 3.09. The summed E-state index contributed by atoms with van der Waals surface area (Å²) in [5.74, 6) is 0.148. The molecule has 0 aromatic carbocycles. The molecule has 0 aromatic rings. The normalized spacial score (nSPS) is 29.5. The van der Waals surface area contributed by atoms with Crippen LogP contribution in [0.15, 0.2) is 12.7 Å². The summed E-state index contributed by atoms with van der Waals surface area (Å²) in [5, 5.41) is 11.9. The Morgan fingerprint density at radius 2 is 2.33 bits per heavy atom. The number of hydrogen-bond donors (Lipinski definition) is 2. The third-order valence-corrected chi connectivity index (χ3v) is 2.45. The minimum atomic E-state index is -0.538. The second-order valence-electron chi connectivity index (χ2n) is 4.99. The third-order valence-electron chi connectivity index (χ3n) is 2.45. The van der Waals surface area contributed by atoms with Crippen molar-refractivity contribution >= 4 is 6.09 Å². The van der Waals surface area contributed by atoms with Crippen LogP contribution in [0, 0.1) is 5.92 Å². The fraction of sp³-hybridized carbons (Fsp3) is 0.727. The fourth-order valence-electron chi connectivity index (χ4n) is 1.51. The van der Waals surface area contributed by atoms with E-state index in [0.717, 1.165) is 6.42 Å². The van der Waals surface area contributed by atoms with Crippen LogP contribution in [0.4, 0.5) is 4.79 Å². The first-order chi connectivity index (χ1) is 6.83. The smallest absolute Gasteiger partial charge is 0.408 e. The van der Waals surface area contributed by atoms with Gasteiger partial charge in [0.1, 0.15) is 5.60 Å². The summed E-state index contributed by atoms with van der Waals surface area (Å²) in [4.78, 5) is 11.5. The van der Waals surface area contributed by atoms with Gasteiger partial charge in [0.2, 0.25) is 0 Å². The first-order valence-electron chi connectivity index (χ1n) is 5.07. The van der Waals surface area contributed by atoms with Gasteiger partial charge in [0.25, 0.3) is 0 Å². The second kappa shape index (κ2) is 3.85. The molecule has 4 heteroatoms. The molecule has 0 spiro atoms. The number of aliphatic hydroxyl groups excluding tert-OH is 1. The minimum Gasteiger partial charge on any atom is -0.444 e. The zero-order valence-corrected chi connectivity index (χ0v) is 9.54. The van der Waals surface area contributed by atoms with Crippen LogP contribution in [-0.4, -0.2) is 28.9 Å². The molecule has 0 heterocycles. The van der Waals surface area contributed by atoms with Crippen molar-refractivity contribution in [2.75, 3.05) is 6.61 Å². The molecule has 15 heavy (non-hydrogen) atoms. The first-order valence-corrected chi connectivity index (χ1v) is 5.07. The van der Waals surface area contributed by atoms with Crippen LogP contribution in [0.25, 0.3) is 0 Å². The van der Waals surface area contributed by atoms with Crippen molar-refractivity contribution in [2.24, 2.45) is 5.92 Å². The van der Waals surface area contributed by atoms with Crippen LogP contribution in [-0.2, 0) is 4.74 Å². The number of alkyl carbamates (subject to hydrolysis) is 1. The lowest BCUT2D eigenvalue weighted by Gasteiger charge is -2.23. The van der Waals surface area contributed by atoms with Crippen molar-refractivity contribution in [3.8, 4) is 0 Å². The Balaban J connectivity index is 2.48. The third kappa shape index (κ3) is 2.96. The maximum absolute atomic E-state index is 11.5. The van der Waals surface area contributed by atoms with Crippen molar-refractivity contribution in [3.63, 3.8) is 0 Å². The Bertz CT molecular complexity index is 269. The Hall–Kier alpha value is -1.03. The van der Waals surface area contributed by atoms with Crippen molar-refractivity contribution in [1.82, 2.24) is 5.32 Å². The van der Waals surface area contributed by atoms with Gasteiger partial charge >= 0.3 is 6.09 Å². The highest BCUT2D eigenvalue weighted by molar-refractivity contribution is 5.69. The van der Waals surface area contributed by atoms with Crippen LogP contribution < -0.4 is 5.32 Å². The van der Waals surface area contributed by atoms with Gasteiger partial charge in [-0.1, -0.05) is 6.08 Å². The van der Waals surface area contributed by atoms with E-state index in [-0.39, 0.29) is 12.5 Å². The van der Waals surface area contributed by atoms with Gasteiger partial charge < -0.3 is 15.2 Å². The number of nitrogens with one attached hydrogen (secondary N) is 1. The lowest BCUT2D eigenvalue weighted by atomic mass is 10.2. The molecule has 0 saturated heterocycles. The van der Waals surface area contributed by atoms with E-state index in [4.69, 9.17) is 4.74 Å². The number of carbonyl (C=O) groups excluding carboxylic acids is 1. The maximum atomic E-state index is 11.5. The van der Waals surface area contributed by atoms with E-state index in [0.29, 0.717) is 0 Å². The number of aliphatic hydroxyl groups is 1. The molecule has 2 N–H and O–H groups in total. The summed E-state index contributed by atoms with van der Waals surface area (Å²) in [7, 11) is 0. The van der Waals surface area contributed by atoms with Crippen molar-refractivity contribution < 1.29 is 14.6 Å². The van der Waals surface area contributed by atoms with E-state index < -0.39 is 17.2 Å². The summed E-state index contributed by atoms with van der Waals surface area (Å²) in [5.41, 5.74) is -1.05. The largest absolute Gasteiger partial charge is 0.444 e. The molecular weight excluding hydrogens is 194 g/mol. The highest BCUT2D eigenvalue weighted by Crippen LogP contribution is 2.43. The van der Waals surface area contributed by atoms with Gasteiger partial charge in [-0.2, -0.15) is 0 Å². The lowest BCUT2D eigenvalue weighted by molar-refractivity contribution is 0.0466. The Morgan fingerprint density at radius 3 is 2.67 bits per heavy atom. The maximum Gasteiger partial charge on any atom is 0.408 e. The number of amides is 1. The molecule has 1 aliphatic rings. The number of rotatable bonds is 3. The number of ether oxygens (including phenoxy) is 1. The number of carbonyl (C=O) groups is 1. The highest BCUT2D eigenvalue weighted by Gasteiger charge is 2.53. The highest BCUT2D eigenvalue weighted by atomic mass is 16.6. The van der Waals surface area contributed by atoms with Crippen molar-refractivity contribution in [2.45, 2.75) is 38.3 Å². The standard InChI is InChI=1S/C11H19NO3/c1-5-8-6-11(8,7-13)12-9(14)15-10(2,3)4/h5,8,13H,1,6-7H2,2-4H3,(H,12,14)/t8-,11?/m1/s1. The first kappa shape index (κ1) is 12.0. The predicted octanol–water partition coefficient (Wildman–Crippen LogP) is 1.45. The quantitative estimate of drug-likeness (QED) is 0.697. The molecule has 4 nitrogen and oxygen atoms in total. The van der Waals surface area contributed by atoms with E-state index in [1.54, 1.807) is 26.8 Å². The number of hydrogen-bond acceptors (Lipinski definition) is 3. The summed E-state index contributed by atoms with van der Waals surface area (Å²) in [6, 6.07) is 0. The summed E-state index contributed by atoms with van der Waals surface area (Å²) in [6.45, 7) is 8.97. The Morgan fingerprint density at radius 1 is 1.73 bits per heavy atom. The molecule has 0 radical (unpaired) electrons. The van der Waals surface area contributed by atoms with Gasteiger partial charge in [-0.15, -0.1) is 6.58 Å². The van der Waals surface area contributed by atoms with Crippen LogP contribution >= 0.6 is 0 Å². The molecule has 1 unspecified atom stereocenters. The summed E-state index contributed by atoms with van der Waals surface area (Å²) < 4.78 is 5.11. The SMILES string of the molecule is C=C[C@@H]1CC1(CO)NC(=O)OC(C)(C)C. The molecular formula is C11H19NO3. The van der Waals surface area contributed by atoms with E-state index in [2.05, 4.69) is 11.9 Å². The molecule has 1 amide bonds. The molecule has 2 atom stereocenters. The van der Waals surface area contributed by atoms with Crippen LogP contribution in [0.3, 0.4) is 0 Å². The topological polar surface area (TPSA) is 58.6 Å². The zero-order valence-electron chi connectivity index (χ0n) is 9.54. The Labute approximate surface area is 90.3 Å². The second-order valence-corrected chi connectivity index (χ2v) is 4.99. The van der Waals surface area contributed by atoms with Gasteiger partial charge in [0.05, 0.1) is 12.1 Å². The molecule has 0 bridgehead atoms. The molecule has 1 rings (SSSR count). The summed E-state index contributed by atoms with van der Waals surface area (Å²) >= 11 is 0. The van der Waals surface area contributed by atoms with Gasteiger partial charge in [-0.3, -0.25) is 0 Å². The van der Waals surface area contributed by atoms with E-state index in [1.165, 1.54) is 0 Å². The summed E-state index contributed by atoms with van der Waals surface area (Å²) in [6.07, 6.45) is 1.99.